The van der Waals surface area contributed by atoms with Crippen LogP contribution in [0.4, 0.5) is 0 Å². The van der Waals surface area contributed by atoms with Crippen LogP contribution in [0.1, 0.15) is 11.1 Å². The van der Waals surface area contributed by atoms with Crippen molar-refractivity contribution >= 4 is 17.9 Å². The van der Waals surface area contributed by atoms with Crippen molar-refractivity contribution in [3.05, 3.63) is 82.9 Å². The molecule has 19 heavy (non-hydrogen) atoms. The molecule has 2 aromatic carbocycles. The number of aliphatic hydroxyl groups is 1. The summed E-state index contributed by atoms with van der Waals surface area (Å²) in [6.45, 7) is 0. The maximum Gasteiger partial charge on any atom is 0.142 e. The number of carbonyl (C=O) groups is 1. The highest BCUT2D eigenvalue weighted by Gasteiger charge is 2.28. The average molecular weight is 273 g/mol. The maximum absolute atomic E-state index is 10.9. The molecule has 1 atom stereocenters. The molecule has 0 saturated carbocycles. The molecule has 0 radical (unpaired) electrons. The topological polar surface area (TPSA) is 37.3 Å². The summed E-state index contributed by atoms with van der Waals surface area (Å²) in [7, 11) is 0. The number of rotatable bonds is 4. The van der Waals surface area contributed by atoms with Crippen molar-refractivity contribution in [3.63, 3.8) is 0 Å². The molecule has 0 bridgehead atoms. The van der Waals surface area contributed by atoms with E-state index in [9.17, 15) is 9.90 Å². The van der Waals surface area contributed by atoms with Crippen LogP contribution in [0, 0.1) is 0 Å². The third-order valence-corrected chi connectivity index (χ3v) is 3.17. The van der Waals surface area contributed by atoms with Gasteiger partial charge in [0.05, 0.1) is 0 Å². The third kappa shape index (κ3) is 2.92. The lowest BCUT2D eigenvalue weighted by molar-refractivity contribution is -0.104. The lowest BCUT2D eigenvalue weighted by atomic mass is 9.86. The van der Waals surface area contributed by atoms with Gasteiger partial charge in [-0.3, -0.25) is 4.79 Å². The van der Waals surface area contributed by atoms with Crippen LogP contribution >= 0.6 is 11.6 Å². The smallest absolute Gasteiger partial charge is 0.142 e. The summed E-state index contributed by atoms with van der Waals surface area (Å²) in [4.78, 5) is 10.5. The molecule has 0 aliphatic rings. The summed E-state index contributed by atoms with van der Waals surface area (Å²) in [5, 5.41) is 11.5. The lowest BCUT2D eigenvalue weighted by Crippen LogP contribution is -2.24. The van der Waals surface area contributed by atoms with Gasteiger partial charge in [0.1, 0.15) is 11.9 Å². The summed E-state index contributed by atoms with van der Waals surface area (Å²) in [6, 6.07) is 16.1. The highest BCUT2D eigenvalue weighted by atomic mass is 35.5. The van der Waals surface area contributed by atoms with Gasteiger partial charge in [0.15, 0.2) is 0 Å². The minimum atomic E-state index is -1.34. The second kappa shape index (κ2) is 5.83. The summed E-state index contributed by atoms with van der Waals surface area (Å²) in [5.41, 5.74) is 0.00358. The standard InChI is InChI=1S/C16H13ClO2/c17-15-9-7-14(8-10-15)16(19,11-4-12-18)13-5-2-1-3-6-13/h1-12,19H. The Kier molecular flexibility index (Phi) is 4.15. The molecule has 1 N–H and O–H groups in total. The molecule has 3 heteroatoms. The predicted molar refractivity (Wildman–Crippen MR) is 76.1 cm³/mol. The van der Waals surface area contributed by atoms with Crippen LogP contribution in [0.25, 0.3) is 0 Å². The highest BCUT2D eigenvalue weighted by molar-refractivity contribution is 6.30. The largest absolute Gasteiger partial charge is 0.377 e. The molecule has 0 aromatic heterocycles. The fourth-order valence-electron chi connectivity index (χ4n) is 1.93. The highest BCUT2D eigenvalue weighted by Crippen LogP contribution is 2.31. The molecule has 0 heterocycles. The van der Waals surface area contributed by atoms with Crippen LogP contribution in [-0.2, 0) is 10.4 Å². The molecule has 0 amide bonds. The Labute approximate surface area is 117 Å². The Morgan fingerprint density at radius 3 is 2.11 bits per heavy atom. The number of benzene rings is 2. The molecule has 2 nitrogen and oxygen atoms in total. The zero-order valence-corrected chi connectivity index (χ0v) is 10.9. The fraction of sp³-hybridized carbons (Fsp3) is 0.0625. The molecule has 0 fully saturated rings. The number of hydrogen-bond donors (Lipinski definition) is 1. The Bertz CT molecular complexity index is 575. The summed E-state index contributed by atoms with van der Waals surface area (Å²) < 4.78 is 0. The zero-order chi connectivity index (χ0) is 13.7. The number of allylic oxidation sites excluding steroid dienone is 1. The van der Waals surface area contributed by atoms with Crippen LogP contribution < -0.4 is 0 Å². The summed E-state index contributed by atoms with van der Waals surface area (Å²) in [6.07, 6.45) is 3.41. The minimum Gasteiger partial charge on any atom is -0.377 e. The number of halogens is 1. The van der Waals surface area contributed by atoms with Gasteiger partial charge in [0.2, 0.25) is 0 Å². The van der Waals surface area contributed by atoms with Gasteiger partial charge in [-0.15, -0.1) is 0 Å². The Hall–Kier alpha value is -1.90. The zero-order valence-electron chi connectivity index (χ0n) is 10.2. The second-order valence-electron chi connectivity index (χ2n) is 4.13. The molecule has 0 aliphatic heterocycles. The van der Waals surface area contributed by atoms with Crippen LogP contribution in [-0.4, -0.2) is 11.4 Å². The van der Waals surface area contributed by atoms with Crippen molar-refractivity contribution in [2.45, 2.75) is 5.60 Å². The van der Waals surface area contributed by atoms with E-state index in [4.69, 9.17) is 11.6 Å². The summed E-state index contributed by atoms with van der Waals surface area (Å²) in [5.74, 6) is 0. The molecular formula is C16H13ClO2. The van der Waals surface area contributed by atoms with Gasteiger partial charge >= 0.3 is 0 Å². The van der Waals surface area contributed by atoms with Gasteiger partial charge in [-0.25, -0.2) is 0 Å². The quantitative estimate of drug-likeness (QED) is 0.685. The molecule has 2 rings (SSSR count). The maximum atomic E-state index is 10.9. The Balaban J connectivity index is 2.55. The first-order chi connectivity index (χ1) is 9.16. The van der Waals surface area contributed by atoms with E-state index in [0.29, 0.717) is 22.4 Å². The van der Waals surface area contributed by atoms with Gasteiger partial charge < -0.3 is 5.11 Å². The molecule has 1 unspecified atom stereocenters. The van der Waals surface area contributed by atoms with Crippen LogP contribution in [0.2, 0.25) is 5.02 Å². The van der Waals surface area contributed by atoms with E-state index in [-0.39, 0.29) is 0 Å². The van der Waals surface area contributed by atoms with Crippen molar-refractivity contribution in [1.82, 2.24) is 0 Å². The van der Waals surface area contributed by atoms with Gasteiger partial charge in [-0.1, -0.05) is 54.1 Å². The molecule has 0 aliphatic carbocycles. The van der Waals surface area contributed by atoms with Crippen molar-refractivity contribution in [3.8, 4) is 0 Å². The monoisotopic (exact) mass is 272 g/mol. The van der Waals surface area contributed by atoms with E-state index in [1.165, 1.54) is 12.2 Å². The van der Waals surface area contributed by atoms with Crippen LogP contribution in [0.5, 0.6) is 0 Å². The first-order valence-electron chi connectivity index (χ1n) is 5.84. The van der Waals surface area contributed by atoms with E-state index in [0.717, 1.165) is 0 Å². The van der Waals surface area contributed by atoms with Gasteiger partial charge in [0, 0.05) is 5.02 Å². The number of carbonyl (C=O) groups excluding carboxylic acids is 1. The molecule has 0 spiro atoms. The second-order valence-corrected chi connectivity index (χ2v) is 4.57. The average Bonchev–Trinajstić information content (AvgIpc) is 2.46. The minimum absolute atomic E-state index is 0.596. The SMILES string of the molecule is O=CC=CC(O)(c1ccccc1)c1ccc(Cl)cc1. The number of hydrogen-bond acceptors (Lipinski definition) is 2. The predicted octanol–water partition coefficient (Wildman–Crippen LogP) is 3.33. The van der Waals surface area contributed by atoms with E-state index < -0.39 is 5.60 Å². The molecular weight excluding hydrogens is 260 g/mol. The van der Waals surface area contributed by atoms with E-state index >= 15 is 0 Å². The first kappa shape index (κ1) is 13.5. The molecule has 2 aromatic rings. The van der Waals surface area contributed by atoms with Crippen LogP contribution in [0.15, 0.2) is 66.7 Å². The van der Waals surface area contributed by atoms with Gasteiger partial charge in [-0.2, -0.15) is 0 Å². The number of aldehydes is 1. The van der Waals surface area contributed by atoms with Crippen molar-refractivity contribution in [2.75, 3.05) is 0 Å². The fourth-order valence-corrected chi connectivity index (χ4v) is 2.06. The van der Waals surface area contributed by atoms with E-state index in [1.54, 1.807) is 24.3 Å². The van der Waals surface area contributed by atoms with E-state index in [2.05, 4.69) is 0 Å². The van der Waals surface area contributed by atoms with Gasteiger partial charge in [0.25, 0.3) is 0 Å². The lowest BCUT2D eigenvalue weighted by Gasteiger charge is -2.25. The van der Waals surface area contributed by atoms with Crippen molar-refractivity contribution in [1.29, 1.82) is 0 Å². The van der Waals surface area contributed by atoms with Crippen LogP contribution in [0.3, 0.4) is 0 Å². The summed E-state index contributed by atoms with van der Waals surface area (Å²) >= 11 is 5.86. The normalized spacial score (nSPS) is 14.2. The Morgan fingerprint density at radius 1 is 0.947 bits per heavy atom. The van der Waals surface area contributed by atoms with Crippen molar-refractivity contribution in [2.24, 2.45) is 0 Å². The first-order valence-corrected chi connectivity index (χ1v) is 6.21. The van der Waals surface area contributed by atoms with Crippen molar-refractivity contribution < 1.29 is 9.90 Å². The molecule has 96 valence electrons. The molecule has 0 saturated heterocycles. The van der Waals surface area contributed by atoms with Gasteiger partial charge in [-0.05, 0) is 35.4 Å². The third-order valence-electron chi connectivity index (χ3n) is 2.91. The Morgan fingerprint density at radius 2 is 1.53 bits per heavy atom. The van der Waals surface area contributed by atoms with E-state index in [1.807, 2.05) is 30.3 Å².